The minimum absolute atomic E-state index is 0. The molecule has 0 bridgehead atoms. The first-order valence-corrected chi connectivity index (χ1v) is 10.5. The van der Waals surface area contributed by atoms with Crippen LogP contribution in [0.5, 0.6) is 11.5 Å². The molecule has 0 aliphatic rings. The Bertz CT molecular complexity index is 809. The van der Waals surface area contributed by atoms with Crippen LogP contribution in [0.1, 0.15) is 31.0 Å². The van der Waals surface area contributed by atoms with Crippen LogP contribution in [-0.2, 0) is 13.5 Å². The van der Waals surface area contributed by atoms with Gasteiger partial charge in [-0.2, -0.15) is 5.10 Å². The molecule has 31 heavy (non-hydrogen) atoms. The Balaban J connectivity index is 0.00000480. The van der Waals surface area contributed by atoms with Crippen molar-refractivity contribution in [3.63, 3.8) is 0 Å². The maximum atomic E-state index is 5.72. The number of nitrogens with zero attached hydrogens (tertiary/aromatic N) is 4. The number of aryl methyl sites for hydroxylation is 1. The van der Waals surface area contributed by atoms with Gasteiger partial charge in [-0.15, -0.1) is 24.0 Å². The highest BCUT2D eigenvalue weighted by Crippen LogP contribution is 2.28. The van der Waals surface area contributed by atoms with Gasteiger partial charge in [0.25, 0.3) is 0 Å². The van der Waals surface area contributed by atoms with E-state index in [-0.39, 0.29) is 30.0 Å². The molecule has 1 aromatic carbocycles. The average molecular weight is 544 g/mol. The van der Waals surface area contributed by atoms with E-state index >= 15 is 0 Å². The Kier molecular flexibility index (Phi) is 12.3. The van der Waals surface area contributed by atoms with Crippen molar-refractivity contribution in [3.05, 3.63) is 41.7 Å². The van der Waals surface area contributed by atoms with Gasteiger partial charge < -0.3 is 25.0 Å². The number of guanidine groups is 1. The highest BCUT2D eigenvalue weighted by molar-refractivity contribution is 14.0. The van der Waals surface area contributed by atoms with E-state index in [2.05, 4.69) is 51.9 Å². The molecule has 1 atom stereocenters. The summed E-state index contributed by atoms with van der Waals surface area (Å²) in [5, 5.41) is 11.1. The van der Waals surface area contributed by atoms with Gasteiger partial charge in [0.2, 0.25) is 0 Å². The lowest BCUT2D eigenvalue weighted by molar-refractivity contribution is 0.287. The third-order valence-electron chi connectivity index (χ3n) is 4.73. The molecule has 0 aliphatic heterocycles. The quantitative estimate of drug-likeness (QED) is 0.258. The number of hydrogen-bond acceptors (Lipinski definition) is 5. The number of nitrogens with one attached hydrogen (secondary N) is 2. The highest BCUT2D eigenvalue weighted by Gasteiger charge is 2.16. The second-order valence-corrected chi connectivity index (χ2v) is 7.20. The third-order valence-corrected chi connectivity index (χ3v) is 4.73. The molecule has 0 saturated carbocycles. The van der Waals surface area contributed by atoms with Gasteiger partial charge in [0, 0.05) is 38.9 Å². The maximum Gasteiger partial charge on any atom is 0.191 e. The summed E-state index contributed by atoms with van der Waals surface area (Å²) in [6.45, 7) is 6.68. The molecule has 1 aromatic heterocycles. The van der Waals surface area contributed by atoms with Crippen molar-refractivity contribution >= 4 is 29.9 Å². The zero-order chi connectivity index (χ0) is 21.9. The summed E-state index contributed by atoms with van der Waals surface area (Å²) < 4.78 is 13.2. The molecule has 2 N–H and O–H groups in total. The van der Waals surface area contributed by atoms with Crippen LogP contribution in [0.4, 0.5) is 0 Å². The number of halogens is 1. The molecule has 174 valence electrons. The molecule has 1 heterocycles. The van der Waals surface area contributed by atoms with Crippen LogP contribution in [0.15, 0.2) is 35.6 Å². The van der Waals surface area contributed by atoms with E-state index in [4.69, 9.17) is 9.47 Å². The molecule has 0 saturated heterocycles. The van der Waals surface area contributed by atoms with Crippen molar-refractivity contribution in [2.75, 3.05) is 47.4 Å². The van der Waals surface area contributed by atoms with Crippen molar-refractivity contribution in [3.8, 4) is 11.5 Å². The van der Waals surface area contributed by atoms with Gasteiger partial charge >= 0.3 is 0 Å². The second-order valence-electron chi connectivity index (χ2n) is 7.20. The van der Waals surface area contributed by atoms with E-state index in [9.17, 15) is 0 Å². The van der Waals surface area contributed by atoms with Gasteiger partial charge in [0.15, 0.2) is 17.5 Å². The summed E-state index contributed by atoms with van der Waals surface area (Å²) >= 11 is 0. The lowest BCUT2D eigenvalue weighted by atomic mass is 10.1. The molecule has 0 radical (unpaired) electrons. The SMILES string of the molecule is CCOc1ccc(CCNC(=NC)NCC(c2cnn(C)c2)N(C)C)cc1OCC.I. The number of hydrogen-bond donors (Lipinski definition) is 2. The number of aliphatic imine (C=N–C) groups is 1. The average Bonchev–Trinajstić information content (AvgIpc) is 3.14. The summed E-state index contributed by atoms with van der Waals surface area (Å²) in [6.07, 6.45) is 4.81. The highest BCUT2D eigenvalue weighted by atomic mass is 127. The Morgan fingerprint density at radius 1 is 1.16 bits per heavy atom. The molecule has 0 fully saturated rings. The molecule has 0 aliphatic carbocycles. The smallest absolute Gasteiger partial charge is 0.191 e. The summed E-state index contributed by atoms with van der Waals surface area (Å²) in [5.41, 5.74) is 2.36. The van der Waals surface area contributed by atoms with Crippen LogP contribution in [0.2, 0.25) is 0 Å². The summed E-state index contributed by atoms with van der Waals surface area (Å²) in [6, 6.07) is 6.32. The number of aromatic nitrogens is 2. The van der Waals surface area contributed by atoms with Crippen LogP contribution in [-0.4, -0.2) is 68.1 Å². The van der Waals surface area contributed by atoms with Crippen LogP contribution >= 0.6 is 24.0 Å². The van der Waals surface area contributed by atoms with Gasteiger partial charge in [-0.25, -0.2) is 0 Å². The zero-order valence-corrected chi connectivity index (χ0v) is 21.8. The Morgan fingerprint density at radius 2 is 1.87 bits per heavy atom. The minimum Gasteiger partial charge on any atom is -0.490 e. The minimum atomic E-state index is 0. The van der Waals surface area contributed by atoms with Crippen molar-refractivity contribution < 1.29 is 9.47 Å². The van der Waals surface area contributed by atoms with Gasteiger partial charge in [-0.3, -0.25) is 9.67 Å². The van der Waals surface area contributed by atoms with Crippen molar-refractivity contribution in [1.29, 1.82) is 0 Å². The molecule has 0 spiro atoms. The maximum absolute atomic E-state index is 5.72. The molecule has 8 nitrogen and oxygen atoms in total. The van der Waals surface area contributed by atoms with Crippen LogP contribution < -0.4 is 20.1 Å². The predicted octanol–water partition coefficient (Wildman–Crippen LogP) is 2.85. The van der Waals surface area contributed by atoms with Crippen LogP contribution in [0, 0.1) is 0 Å². The van der Waals surface area contributed by atoms with Gasteiger partial charge in [0.05, 0.1) is 25.5 Å². The second kappa shape index (κ2) is 14.1. The largest absolute Gasteiger partial charge is 0.490 e. The lowest BCUT2D eigenvalue weighted by Gasteiger charge is -2.24. The third kappa shape index (κ3) is 8.56. The summed E-state index contributed by atoms with van der Waals surface area (Å²) in [4.78, 5) is 6.52. The zero-order valence-electron chi connectivity index (χ0n) is 19.5. The fourth-order valence-electron chi connectivity index (χ4n) is 3.20. The molecule has 1 unspecified atom stereocenters. The molecule has 2 rings (SSSR count). The first-order chi connectivity index (χ1) is 14.5. The number of benzene rings is 1. The summed E-state index contributed by atoms with van der Waals surface area (Å²) in [7, 11) is 7.85. The first kappa shape index (κ1) is 27.0. The fraction of sp³-hybridized carbons (Fsp3) is 0.545. The standard InChI is InChI=1S/C22H36N6O2.HI/c1-7-29-20-10-9-17(13-21(20)30-8-2)11-12-24-22(23-3)25-15-19(27(4)5)18-14-26-28(6)16-18;/h9-10,13-14,16,19H,7-8,11-12,15H2,1-6H3,(H2,23,24,25);1H. The molecular formula is C22H37IN6O2. The number of likely N-dealkylation sites (N-methyl/N-ethyl adjacent to an activating group) is 1. The van der Waals surface area contributed by atoms with Gasteiger partial charge in [0.1, 0.15) is 0 Å². The fourth-order valence-corrected chi connectivity index (χ4v) is 3.20. The first-order valence-electron chi connectivity index (χ1n) is 10.5. The molecule has 9 heteroatoms. The van der Waals surface area contributed by atoms with E-state index in [1.165, 1.54) is 11.1 Å². The van der Waals surface area contributed by atoms with E-state index < -0.39 is 0 Å². The normalized spacial score (nSPS) is 12.3. The van der Waals surface area contributed by atoms with E-state index in [0.29, 0.717) is 13.2 Å². The van der Waals surface area contributed by atoms with Crippen LogP contribution in [0.3, 0.4) is 0 Å². The summed E-state index contributed by atoms with van der Waals surface area (Å²) in [5.74, 6) is 2.37. The Hall–Kier alpha value is -2.01. The van der Waals surface area contributed by atoms with E-state index in [1.807, 2.05) is 44.0 Å². The topological polar surface area (TPSA) is 75.9 Å². The Labute approximate surface area is 203 Å². The predicted molar refractivity (Wildman–Crippen MR) is 137 cm³/mol. The van der Waals surface area contributed by atoms with Gasteiger partial charge in [-0.05, 0) is 52.1 Å². The van der Waals surface area contributed by atoms with Crippen molar-refractivity contribution in [1.82, 2.24) is 25.3 Å². The van der Waals surface area contributed by atoms with Crippen LogP contribution in [0.25, 0.3) is 0 Å². The van der Waals surface area contributed by atoms with Crippen molar-refractivity contribution in [2.45, 2.75) is 26.3 Å². The number of ether oxygens (including phenoxy) is 2. The molecular weight excluding hydrogens is 507 g/mol. The van der Waals surface area contributed by atoms with E-state index in [1.54, 1.807) is 7.05 Å². The molecule has 0 amide bonds. The van der Waals surface area contributed by atoms with Gasteiger partial charge in [-0.1, -0.05) is 6.07 Å². The lowest BCUT2D eigenvalue weighted by Crippen LogP contribution is -2.42. The molecule has 2 aromatic rings. The van der Waals surface area contributed by atoms with Crippen molar-refractivity contribution in [2.24, 2.45) is 12.0 Å². The monoisotopic (exact) mass is 544 g/mol. The van der Waals surface area contributed by atoms with E-state index in [0.717, 1.165) is 37.0 Å². The number of rotatable bonds is 11. The Morgan fingerprint density at radius 3 is 2.45 bits per heavy atom.